The Morgan fingerprint density at radius 1 is 1.23 bits per heavy atom. The lowest BCUT2D eigenvalue weighted by molar-refractivity contribution is -0.140. The van der Waals surface area contributed by atoms with Gasteiger partial charge in [-0.1, -0.05) is 28.1 Å². The highest BCUT2D eigenvalue weighted by atomic mass is 79.9. The van der Waals surface area contributed by atoms with Crippen molar-refractivity contribution >= 4 is 33.4 Å². The highest BCUT2D eigenvalue weighted by Gasteiger charge is 2.46. The number of hydrogen-bond acceptors (Lipinski definition) is 5. The van der Waals surface area contributed by atoms with E-state index in [1.165, 1.54) is 0 Å². The van der Waals surface area contributed by atoms with E-state index in [-0.39, 0.29) is 17.4 Å². The minimum atomic E-state index is -0.661. The molecular weight excluding hydrogens is 460 g/mol. The van der Waals surface area contributed by atoms with Crippen LogP contribution in [0.25, 0.3) is 5.76 Å². The van der Waals surface area contributed by atoms with E-state index in [0.29, 0.717) is 18.7 Å². The van der Waals surface area contributed by atoms with Crippen LogP contribution in [0.5, 0.6) is 5.75 Å². The summed E-state index contributed by atoms with van der Waals surface area (Å²) in [5.74, 6) is -0.616. The Morgan fingerprint density at radius 2 is 2.00 bits per heavy atom. The van der Waals surface area contributed by atoms with Crippen molar-refractivity contribution in [3.8, 4) is 5.75 Å². The molecule has 4 rings (SSSR count). The lowest BCUT2D eigenvalue weighted by Crippen LogP contribution is -2.35. The lowest BCUT2D eigenvalue weighted by atomic mass is 9.94. The minimum absolute atomic E-state index is 0.0747. The van der Waals surface area contributed by atoms with Crippen LogP contribution in [0.15, 0.2) is 52.5 Å². The van der Waals surface area contributed by atoms with Gasteiger partial charge in [-0.15, -0.1) is 0 Å². The summed E-state index contributed by atoms with van der Waals surface area (Å²) in [6.07, 6.45) is 0.813. The molecule has 2 atom stereocenters. The fourth-order valence-corrected chi connectivity index (χ4v) is 4.58. The van der Waals surface area contributed by atoms with Gasteiger partial charge in [-0.05, 0) is 62.5 Å². The Balaban J connectivity index is 1.82. The van der Waals surface area contributed by atoms with Crippen LogP contribution in [-0.2, 0) is 16.0 Å². The molecule has 0 aromatic heterocycles. The number of aliphatic hydroxyl groups excluding tert-OH is 1. The van der Waals surface area contributed by atoms with Crippen molar-refractivity contribution in [3.63, 3.8) is 0 Å². The number of Topliss-reactive ketones (excluding diaryl/α,β-unsaturated/α-hetero) is 1. The Hall–Kier alpha value is -2.64. The van der Waals surface area contributed by atoms with Crippen LogP contribution in [0.1, 0.15) is 29.7 Å². The summed E-state index contributed by atoms with van der Waals surface area (Å²) in [5.41, 5.74) is 2.39. The van der Waals surface area contributed by atoms with Gasteiger partial charge in [0.15, 0.2) is 0 Å². The standard InChI is InChI=1S/C24H25BrN2O4/c1-14-11-17-12-16(7-8-19(17)31-14)22(28)20-21(15-5-4-6-18(25)13-15)27(10-9-26(2)3)24(30)23(20)29/h4-8,12-14,21,28H,9-11H2,1-3H3/b22-20+. The van der Waals surface area contributed by atoms with E-state index < -0.39 is 17.7 Å². The number of carbonyl (C=O) groups excluding carboxylic acids is 2. The van der Waals surface area contributed by atoms with E-state index in [2.05, 4.69) is 15.9 Å². The predicted molar refractivity (Wildman–Crippen MR) is 122 cm³/mol. The number of hydrogen-bond donors (Lipinski definition) is 1. The summed E-state index contributed by atoms with van der Waals surface area (Å²) in [4.78, 5) is 29.5. The zero-order valence-corrected chi connectivity index (χ0v) is 19.3. The first-order valence-corrected chi connectivity index (χ1v) is 11.0. The van der Waals surface area contributed by atoms with Crippen molar-refractivity contribution in [1.29, 1.82) is 0 Å². The van der Waals surface area contributed by atoms with Crippen molar-refractivity contribution in [2.45, 2.75) is 25.5 Å². The number of aliphatic hydroxyl groups is 1. The number of fused-ring (bicyclic) bond motifs is 1. The minimum Gasteiger partial charge on any atom is -0.507 e. The van der Waals surface area contributed by atoms with Crippen molar-refractivity contribution in [3.05, 3.63) is 69.2 Å². The number of rotatable bonds is 5. The number of likely N-dealkylation sites (tertiary alicyclic amines) is 1. The van der Waals surface area contributed by atoms with Crippen LogP contribution >= 0.6 is 15.9 Å². The van der Waals surface area contributed by atoms with E-state index in [0.717, 1.165) is 27.8 Å². The van der Waals surface area contributed by atoms with Gasteiger partial charge in [0.05, 0.1) is 11.6 Å². The Bertz CT molecular complexity index is 1080. The fraction of sp³-hybridized carbons (Fsp3) is 0.333. The number of benzene rings is 2. The topological polar surface area (TPSA) is 70.1 Å². The highest BCUT2D eigenvalue weighted by molar-refractivity contribution is 9.10. The van der Waals surface area contributed by atoms with E-state index in [9.17, 15) is 14.7 Å². The molecule has 0 aliphatic carbocycles. The van der Waals surface area contributed by atoms with Gasteiger partial charge >= 0.3 is 0 Å². The van der Waals surface area contributed by atoms with Crippen LogP contribution in [0.4, 0.5) is 0 Å². The average molecular weight is 485 g/mol. The molecule has 162 valence electrons. The highest BCUT2D eigenvalue weighted by Crippen LogP contribution is 2.41. The molecule has 0 bridgehead atoms. The van der Waals surface area contributed by atoms with Crippen LogP contribution in [0.2, 0.25) is 0 Å². The number of likely N-dealkylation sites (N-methyl/N-ethyl adjacent to an activating group) is 1. The maximum atomic E-state index is 13.1. The van der Waals surface area contributed by atoms with Gasteiger partial charge in [0, 0.05) is 29.5 Å². The van der Waals surface area contributed by atoms with Gasteiger partial charge in [0.1, 0.15) is 17.6 Å². The Morgan fingerprint density at radius 3 is 2.71 bits per heavy atom. The van der Waals surface area contributed by atoms with Crippen LogP contribution < -0.4 is 4.74 Å². The summed E-state index contributed by atoms with van der Waals surface area (Å²) in [5, 5.41) is 11.2. The number of ether oxygens (including phenoxy) is 1. The molecule has 31 heavy (non-hydrogen) atoms. The molecule has 0 spiro atoms. The number of nitrogens with zero attached hydrogens (tertiary/aromatic N) is 2. The van der Waals surface area contributed by atoms with E-state index in [1.807, 2.05) is 62.3 Å². The average Bonchev–Trinajstić information content (AvgIpc) is 3.22. The van der Waals surface area contributed by atoms with Gasteiger partial charge in [-0.3, -0.25) is 9.59 Å². The zero-order valence-electron chi connectivity index (χ0n) is 17.8. The summed E-state index contributed by atoms with van der Waals surface area (Å²) < 4.78 is 6.58. The molecule has 7 heteroatoms. The summed E-state index contributed by atoms with van der Waals surface area (Å²) >= 11 is 3.47. The SMILES string of the molecule is CC1Cc2cc(/C(O)=C3\C(=O)C(=O)N(CCN(C)C)C3c3cccc(Br)c3)ccc2O1. The number of amides is 1. The molecular formula is C24H25BrN2O4. The first-order chi connectivity index (χ1) is 14.8. The number of ketones is 1. The van der Waals surface area contributed by atoms with Gasteiger partial charge < -0.3 is 19.6 Å². The van der Waals surface area contributed by atoms with E-state index >= 15 is 0 Å². The monoisotopic (exact) mass is 484 g/mol. The maximum absolute atomic E-state index is 13.1. The zero-order chi connectivity index (χ0) is 22.3. The molecule has 1 N–H and O–H groups in total. The van der Waals surface area contributed by atoms with Crippen molar-refractivity contribution in [2.75, 3.05) is 27.2 Å². The molecule has 0 saturated carbocycles. The second-order valence-electron chi connectivity index (χ2n) is 8.31. The molecule has 2 aliphatic rings. The third kappa shape index (κ3) is 4.12. The first kappa shape index (κ1) is 21.6. The molecule has 1 amide bonds. The smallest absolute Gasteiger partial charge is 0.295 e. The molecule has 2 aliphatic heterocycles. The largest absolute Gasteiger partial charge is 0.507 e. The normalized spacial score (nSPS) is 22.2. The number of carbonyl (C=O) groups is 2. The third-order valence-corrected chi connectivity index (χ3v) is 6.16. The van der Waals surface area contributed by atoms with Crippen molar-refractivity contribution in [1.82, 2.24) is 9.80 Å². The molecule has 6 nitrogen and oxygen atoms in total. The van der Waals surface area contributed by atoms with Crippen LogP contribution in [0.3, 0.4) is 0 Å². The molecule has 1 fully saturated rings. The fourth-order valence-electron chi connectivity index (χ4n) is 4.17. The van der Waals surface area contributed by atoms with Crippen LogP contribution in [0, 0.1) is 0 Å². The molecule has 2 unspecified atom stereocenters. The molecule has 1 saturated heterocycles. The van der Waals surface area contributed by atoms with Gasteiger partial charge in [0.25, 0.3) is 11.7 Å². The van der Waals surface area contributed by atoms with E-state index in [1.54, 1.807) is 11.0 Å². The molecule has 2 aromatic rings. The van der Waals surface area contributed by atoms with Gasteiger partial charge in [-0.2, -0.15) is 0 Å². The third-order valence-electron chi connectivity index (χ3n) is 5.66. The van der Waals surface area contributed by atoms with Gasteiger partial charge in [-0.25, -0.2) is 0 Å². The molecule has 2 heterocycles. The summed E-state index contributed by atoms with van der Waals surface area (Å²) in [6, 6.07) is 12.2. The second-order valence-corrected chi connectivity index (χ2v) is 9.22. The van der Waals surface area contributed by atoms with E-state index in [4.69, 9.17) is 4.74 Å². The molecule has 0 radical (unpaired) electrons. The molecule has 2 aromatic carbocycles. The summed E-state index contributed by atoms with van der Waals surface area (Å²) in [6.45, 7) is 2.97. The quantitative estimate of drug-likeness (QED) is 0.397. The maximum Gasteiger partial charge on any atom is 0.295 e. The van der Waals surface area contributed by atoms with Crippen LogP contribution in [-0.4, -0.2) is 59.9 Å². The van der Waals surface area contributed by atoms with Crippen molar-refractivity contribution in [2.24, 2.45) is 0 Å². The second kappa shape index (κ2) is 8.48. The lowest BCUT2D eigenvalue weighted by Gasteiger charge is -2.26. The first-order valence-electron chi connectivity index (χ1n) is 10.2. The Labute approximate surface area is 190 Å². The summed E-state index contributed by atoms with van der Waals surface area (Å²) in [7, 11) is 3.83. The number of halogens is 1. The predicted octanol–water partition coefficient (Wildman–Crippen LogP) is 3.76. The van der Waals surface area contributed by atoms with Gasteiger partial charge in [0.2, 0.25) is 0 Å². The van der Waals surface area contributed by atoms with Crippen molar-refractivity contribution < 1.29 is 19.4 Å². The Kier molecular flexibility index (Phi) is 5.90.